The van der Waals surface area contributed by atoms with Crippen LogP contribution < -0.4 is 19.5 Å². The van der Waals surface area contributed by atoms with Gasteiger partial charge in [0.1, 0.15) is 5.75 Å². The Labute approximate surface area is 198 Å². The summed E-state index contributed by atoms with van der Waals surface area (Å²) in [6.45, 7) is 4.26. The summed E-state index contributed by atoms with van der Waals surface area (Å²) in [5.74, 6) is 2.71. The fraction of sp³-hybridized carbons (Fsp3) is 0.391. The van der Waals surface area contributed by atoms with Crippen LogP contribution >= 0.6 is 12.2 Å². The third kappa shape index (κ3) is 5.33. The van der Waals surface area contributed by atoms with Crippen molar-refractivity contribution in [2.24, 2.45) is 0 Å². The Hall–Kier alpha value is -3.40. The zero-order chi connectivity index (χ0) is 23.2. The molecule has 1 saturated heterocycles. The van der Waals surface area contributed by atoms with Crippen molar-refractivity contribution >= 4 is 23.0 Å². The Kier molecular flexibility index (Phi) is 7.23. The van der Waals surface area contributed by atoms with Crippen molar-refractivity contribution < 1.29 is 14.2 Å². The van der Waals surface area contributed by atoms with E-state index in [0.29, 0.717) is 23.9 Å². The van der Waals surface area contributed by atoms with Gasteiger partial charge in [-0.1, -0.05) is 0 Å². The molecule has 1 aromatic heterocycles. The van der Waals surface area contributed by atoms with Crippen LogP contribution in [0.25, 0.3) is 11.4 Å². The topological polar surface area (TPSA) is 86.6 Å². The van der Waals surface area contributed by atoms with E-state index >= 15 is 0 Å². The first-order chi connectivity index (χ1) is 16.1. The largest absolute Gasteiger partial charge is 0.494 e. The van der Waals surface area contributed by atoms with Crippen LogP contribution in [0.2, 0.25) is 0 Å². The van der Waals surface area contributed by atoms with Gasteiger partial charge in [-0.15, -0.1) is 10.2 Å². The van der Waals surface area contributed by atoms with Crippen LogP contribution in [0.5, 0.6) is 17.2 Å². The van der Waals surface area contributed by atoms with Crippen molar-refractivity contribution in [1.82, 2.24) is 25.1 Å². The van der Waals surface area contributed by atoms with E-state index in [2.05, 4.69) is 25.6 Å². The lowest BCUT2D eigenvalue weighted by Crippen LogP contribution is -2.41. The first kappa shape index (κ1) is 22.8. The van der Waals surface area contributed by atoms with Crippen LogP contribution in [-0.2, 0) is 0 Å². The number of tetrazole rings is 1. The minimum Gasteiger partial charge on any atom is -0.494 e. The summed E-state index contributed by atoms with van der Waals surface area (Å²) in [4.78, 5) is 3.89. The lowest BCUT2D eigenvalue weighted by molar-refractivity contribution is 0.238. The van der Waals surface area contributed by atoms with Gasteiger partial charge in [0.05, 0.1) is 26.9 Å². The molecule has 0 saturated carbocycles. The molecule has 3 aromatic rings. The molecular formula is C23H28N6O3S. The molecule has 0 unspecified atom stereocenters. The van der Waals surface area contributed by atoms with Gasteiger partial charge in [0.25, 0.3) is 0 Å². The second kappa shape index (κ2) is 10.5. The minimum atomic E-state index is 0.177. The molecule has 9 nitrogen and oxygen atoms in total. The molecule has 0 amide bonds. The number of hydrogen-bond donors (Lipinski definition) is 1. The van der Waals surface area contributed by atoms with E-state index in [0.717, 1.165) is 48.0 Å². The van der Waals surface area contributed by atoms with Gasteiger partial charge in [-0.2, -0.15) is 4.80 Å². The number of hydrogen-bond acceptors (Lipinski definition) is 7. The number of aromatic nitrogens is 4. The number of anilines is 1. The third-order valence-electron chi connectivity index (χ3n) is 5.56. The Morgan fingerprint density at radius 2 is 1.79 bits per heavy atom. The van der Waals surface area contributed by atoms with E-state index < -0.39 is 0 Å². The maximum absolute atomic E-state index is 5.62. The summed E-state index contributed by atoms with van der Waals surface area (Å²) in [6.07, 6.45) is 1.76. The first-order valence-corrected chi connectivity index (χ1v) is 11.3. The molecule has 2 heterocycles. The predicted molar refractivity (Wildman–Crippen MR) is 130 cm³/mol. The van der Waals surface area contributed by atoms with Crippen molar-refractivity contribution in [2.45, 2.75) is 25.8 Å². The number of methoxy groups -OCH3 is 2. The van der Waals surface area contributed by atoms with Gasteiger partial charge in [-0.3, -0.25) is 0 Å². The van der Waals surface area contributed by atoms with E-state index in [1.54, 1.807) is 19.0 Å². The number of rotatable bonds is 7. The smallest absolute Gasteiger partial charge is 0.205 e. The predicted octanol–water partition coefficient (Wildman–Crippen LogP) is 3.79. The number of ether oxygens (including phenoxy) is 3. The highest BCUT2D eigenvalue weighted by Gasteiger charge is 2.24. The van der Waals surface area contributed by atoms with Gasteiger partial charge in [0, 0.05) is 24.3 Å². The third-order valence-corrected chi connectivity index (χ3v) is 5.93. The molecule has 174 valence electrons. The fourth-order valence-electron chi connectivity index (χ4n) is 3.77. The Bertz CT molecular complexity index is 1080. The van der Waals surface area contributed by atoms with Gasteiger partial charge in [0.15, 0.2) is 16.6 Å². The second-order valence-corrected chi connectivity index (χ2v) is 8.00. The zero-order valence-electron chi connectivity index (χ0n) is 19.0. The van der Waals surface area contributed by atoms with E-state index in [4.69, 9.17) is 26.4 Å². The molecule has 0 radical (unpaired) electrons. The maximum atomic E-state index is 5.62. The molecule has 33 heavy (non-hydrogen) atoms. The minimum absolute atomic E-state index is 0.177. The monoisotopic (exact) mass is 468 g/mol. The van der Waals surface area contributed by atoms with E-state index in [-0.39, 0.29) is 6.04 Å². The summed E-state index contributed by atoms with van der Waals surface area (Å²) < 4.78 is 16.2. The van der Waals surface area contributed by atoms with Gasteiger partial charge >= 0.3 is 0 Å². The summed E-state index contributed by atoms with van der Waals surface area (Å²) in [5, 5.41) is 17.2. The highest BCUT2D eigenvalue weighted by molar-refractivity contribution is 7.80. The summed E-state index contributed by atoms with van der Waals surface area (Å²) in [7, 11) is 3.21. The molecule has 1 N–H and O–H groups in total. The van der Waals surface area contributed by atoms with Crippen molar-refractivity contribution in [3.63, 3.8) is 0 Å². The van der Waals surface area contributed by atoms with Crippen LogP contribution in [0.3, 0.4) is 0 Å². The first-order valence-electron chi connectivity index (χ1n) is 10.9. The normalized spacial score (nSPS) is 14.1. The van der Waals surface area contributed by atoms with Crippen LogP contribution in [0.4, 0.5) is 5.69 Å². The number of thiocarbonyl (C=S) groups is 1. The van der Waals surface area contributed by atoms with Crippen molar-refractivity contribution in [3.05, 3.63) is 42.5 Å². The Morgan fingerprint density at radius 1 is 1.06 bits per heavy atom. The van der Waals surface area contributed by atoms with Crippen LogP contribution in [-0.4, -0.2) is 64.1 Å². The average Bonchev–Trinajstić information content (AvgIpc) is 3.35. The number of benzene rings is 2. The summed E-state index contributed by atoms with van der Waals surface area (Å²) in [5.41, 5.74) is 1.78. The Morgan fingerprint density at radius 3 is 2.45 bits per heavy atom. The SMILES string of the molecule is CCOc1ccc(NC(=S)N2CCC(n3nnc(-c4ccc(OC)c(OC)c4)n3)CC2)cc1. The highest BCUT2D eigenvalue weighted by Crippen LogP contribution is 2.31. The molecule has 0 aliphatic carbocycles. The Balaban J connectivity index is 1.34. The van der Waals surface area contributed by atoms with Crippen LogP contribution in [0, 0.1) is 0 Å². The molecular weight excluding hydrogens is 440 g/mol. The molecule has 0 atom stereocenters. The molecule has 10 heteroatoms. The summed E-state index contributed by atoms with van der Waals surface area (Å²) >= 11 is 5.62. The van der Waals surface area contributed by atoms with Gasteiger partial charge in [-0.05, 0) is 79.7 Å². The lowest BCUT2D eigenvalue weighted by atomic mass is 10.1. The van der Waals surface area contributed by atoms with E-state index in [9.17, 15) is 0 Å². The van der Waals surface area contributed by atoms with Crippen LogP contribution in [0.15, 0.2) is 42.5 Å². The average molecular weight is 469 g/mol. The number of nitrogens with zero attached hydrogens (tertiary/aromatic N) is 5. The lowest BCUT2D eigenvalue weighted by Gasteiger charge is -2.33. The highest BCUT2D eigenvalue weighted by atomic mass is 32.1. The van der Waals surface area contributed by atoms with E-state index in [1.807, 2.05) is 49.4 Å². The standard InChI is InChI=1S/C23H28N6O3S/c1-4-32-19-8-6-17(7-9-19)24-23(33)28-13-11-18(12-14-28)29-26-22(25-27-29)16-5-10-20(30-2)21(15-16)31-3/h5-10,15,18H,4,11-14H2,1-3H3,(H,24,33). The summed E-state index contributed by atoms with van der Waals surface area (Å²) in [6, 6.07) is 13.6. The van der Waals surface area contributed by atoms with Gasteiger partial charge < -0.3 is 24.4 Å². The fourth-order valence-corrected chi connectivity index (χ4v) is 4.07. The quantitative estimate of drug-likeness (QED) is 0.521. The van der Waals surface area contributed by atoms with Crippen LogP contribution in [0.1, 0.15) is 25.8 Å². The molecule has 0 bridgehead atoms. The number of piperidine rings is 1. The molecule has 1 aliphatic heterocycles. The maximum Gasteiger partial charge on any atom is 0.205 e. The van der Waals surface area contributed by atoms with Crippen molar-refractivity contribution in [3.8, 4) is 28.6 Å². The van der Waals surface area contributed by atoms with Gasteiger partial charge in [-0.25, -0.2) is 0 Å². The van der Waals surface area contributed by atoms with Crippen molar-refractivity contribution in [1.29, 1.82) is 0 Å². The number of nitrogens with one attached hydrogen (secondary N) is 1. The molecule has 0 spiro atoms. The van der Waals surface area contributed by atoms with Crippen molar-refractivity contribution in [2.75, 3.05) is 39.2 Å². The molecule has 1 aliphatic rings. The van der Waals surface area contributed by atoms with Gasteiger partial charge in [0.2, 0.25) is 5.82 Å². The molecule has 2 aromatic carbocycles. The molecule has 4 rings (SSSR count). The molecule has 1 fully saturated rings. The second-order valence-electron chi connectivity index (χ2n) is 7.61. The number of likely N-dealkylation sites (tertiary alicyclic amines) is 1. The zero-order valence-corrected chi connectivity index (χ0v) is 19.8. The van der Waals surface area contributed by atoms with E-state index in [1.165, 1.54) is 0 Å².